The largest absolute Gasteiger partial charge is 0.490 e. The van der Waals surface area contributed by atoms with Crippen molar-refractivity contribution in [2.75, 3.05) is 13.2 Å². The number of nitrogens with zero attached hydrogens (tertiary/aromatic N) is 1. The Balaban J connectivity index is 1.97. The lowest BCUT2D eigenvalue weighted by Crippen LogP contribution is -2.09. The lowest BCUT2D eigenvalue weighted by atomic mass is 10.1. The molecule has 27 heavy (non-hydrogen) atoms. The Labute approximate surface area is 163 Å². The van der Waals surface area contributed by atoms with Crippen molar-refractivity contribution in [1.82, 2.24) is 0 Å². The molecule has 0 amide bonds. The molecule has 0 aliphatic heterocycles. The number of carboxylic acids is 1. The lowest BCUT2D eigenvalue weighted by molar-refractivity contribution is -0.132. The van der Waals surface area contributed by atoms with Crippen molar-refractivity contribution in [2.24, 2.45) is 0 Å². The maximum atomic E-state index is 11.0. The summed E-state index contributed by atoms with van der Waals surface area (Å²) in [7, 11) is 0. The SMILES string of the molecule is CCCc1ccc(OCCOc2ccc(Cl)cc2C=C(C#N)C(=O)O)cc1. The molecule has 0 aromatic heterocycles. The molecule has 0 saturated heterocycles. The van der Waals surface area contributed by atoms with Gasteiger partial charge in [0.25, 0.3) is 0 Å². The van der Waals surface area contributed by atoms with E-state index in [1.165, 1.54) is 11.6 Å². The van der Waals surface area contributed by atoms with Gasteiger partial charge in [0.05, 0.1) is 0 Å². The molecule has 0 bridgehead atoms. The Morgan fingerprint density at radius 2 is 1.89 bits per heavy atom. The molecule has 2 aromatic rings. The zero-order valence-electron chi connectivity index (χ0n) is 14.9. The fraction of sp³-hybridized carbons (Fsp3) is 0.238. The van der Waals surface area contributed by atoms with Gasteiger partial charge in [-0.2, -0.15) is 5.26 Å². The maximum absolute atomic E-state index is 11.0. The number of benzene rings is 2. The van der Waals surface area contributed by atoms with Crippen LogP contribution < -0.4 is 9.47 Å². The van der Waals surface area contributed by atoms with Crippen LogP contribution in [0.2, 0.25) is 5.02 Å². The van der Waals surface area contributed by atoms with Gasteiger partial charge in [-0.05, 0) is 48.4 Å². The number of halogens is 1. The van der Waals surface area contributed by atoms with Crippen molar-refractivity contribution in [3.63, 3.8) is 0 Å². The van der Waals surface area contributed by atoms with Gasteiger partial charge >= 0.3 is 5.97 Å². The molecule has 5 nitrogen and oxygen atoms in total. The van der Waals surface area contributed by atoms with Crippen molar-refractivity contribution in [3.8, 4) is 17.6 Å². The molecule has 0 aliphatic rings. The minimum Gasteiger partial charge on any atom is -0.490 e. The van der Waals surface area contributed by atoms with Crippen molar-refractivity contribution in [1.29, 1.82) is 5.26 Å². The Bertz CT molecular complexity index is 853. The first-order valence-corrected chi connectivity index (χ1v) is 8.90. The minimum absolute atomic E-state index is 0.258. The van der Waals surface area contributed by atoms with Gasteiger partial charge in [-0.15, -0.1) is 0 Å². The second-order valence-corrected chi connectivity index (χ2v) is 6.18. The summed E-state index contributed by atoms with van der Waals surface area (Å²) in [5.41, 5.74) is 1.29. The van der Waals surface area contributed by atoms with Crippen LogP contribution in [-0.2, 0) is 11.2 Å². The molecule has 2 aromatic carbocycles. The fourth-order valence-electron chi connectivity index (χ4n) is 2.41. The van der Waals surface area contributed by atoms with E-state index in [1.54, 1.807) is 24.3 Å². The normalized spacial score (nSPS) is 10.9. The highest BCUT2D eigenvalue weighted by molar-refractivity contribution is 6.30. The monoisotopic (exact) mass is 385 g/mol. The molecule has 0 aliphatic carbocycles. The van der Waals surface area contributed by atoms with E-state index in [4.69, 9.17) is 31.4 Å². The molecule has 140 valence electrons. The Hall–Kier alpha value is -2.97. The van der Waals surface area contributed by atoms with Gasteiger partial charge in [-0.3, -0.25) is 0 Å². The number of nitriles is 1. The molecule has 0 spiro atoms. The summed E-state index contributed by atoms with van der Waals surface area (Å²) >= 11 is 5.96. The molecule has 0 radical (unpaired) electrons. The third-order valence-corrected chi connectivity index (χ3v) is 3.93. The average Bonchev–Trinajstić information content (AvgIpc) is 2.65. The first kappa shape index (κ1) is 20.3. The van der Waals surface area contributed by atoms with Crippen LogP contribution in [0.5, 0.6) is 11.5 Å². The summed E-state index contributed by atoms with van der Waals surface area (Å²) in [6, 6.07) is 14.4. The number of aryl methyl sites for hydroxylation is 1. The lowest BCUT2D eigenvalue weighted by Gasteiger charge is -2.11. The molecule has 2 rings (SSSR count). The van der Waals surface area contributed by atoms with Crippen molar-refractivity contribution in [2.45, 2.75) is 19.8 Å². The van der Waals surface area contributed by atoms with Gasteiger partial charge in [0.2, 0.25) is 0 Å². The van der Waals surface area contributed by atoms with E-state index < -0.39 is 11.5 Å². The number of carbonyl (C=O) groups is 1. The van der Waals surface area contributed by atoms with Gasteiger partial charge in [-0.25, -0.2) is 4.79 Å². The third-order valence-electron chi connectivity index (χ3n) is 3.69. The standard InChI is InChI=1S/C21H20ClNO4/c1-2-3-15-4-7-19(8-5-15)26-10-11-27-20-9-6-18(22)13-16(20)12-17(14-23)21(24)25/h4-9,12-13H,2-3,10-11H2,1H3,(H,24,25). The molecule has 6 heteroatoms. The first-order chi connectivity index (χ1) is 13.0. The Kier molecular flexibility index (Phi) is 7.72. The fourth-order valence-corrected chi connectivity index (χ4v) is 2.59. The summed E-state index contributed by atoms with van der Waals surface area (Å²) in [6.07, 6.45) is 3.37. The van der Waals surface area contributed by atoms with Crippen LogP contribution in [0.4, 0.5) is 0 Å². The summed E-state index contributed by atoms with van der Waals surface area (Å²) in [5.74, 6) is -0.124. The van der Waals surface area contributed by atoms with Gasteiger partial charge in [-0.1, -0.05) is 37.1 Å². The quantitative estimate of drug-likeness (QED) is 0.383. The topological polar surface area (TPSA) is 79.5 Å². The molecular weight excluding hydrogens is 366 g/mol. The highest BCUT2D eigenvalue weighted by Crippen LogP contribution is 2.25. The van der Waals surface area contributed by atoms with Crippen LogP contribution in [0, 0.1) is 11.3 Å². The van der Waals surface area contributed by atoms with E-state index >= 15 is 0 Å². The first-order valence-electron chi connectivity index (χ1n) is 8.52. The smallest absolute Gasteiger partial charge is 0.346 e. The summed E-state index contributed by atoms with van der Waals surface area (Å²) in [5, 5.41) is 18.3. The van der Waals surface area contributed by atoms with Crippen LogP contribution in [0.1, 0.15) is 24.5 Å². The number of ether oxygens (including phenoxy) is 2. The zero-order valence-corrected chi connectivity index (χ0v) is 15.7. The average molecular weight is 386 g/mol. The van der Waals surface area contributed by atoms with Crippen LogP contribution in [0.15, 0.2) is 48.0 Å². The van der Waals surface area contributed by atoms with Crippen LogP contribution in [-0.4, -0.2) is 24.3 Å². The number of hydrogen-bond acceptors (Lipinski definition) is 4. The van der Waals surface area contributed by atoms with Gasteiger partial charge in [0.15, 0.2) is 0 Å². The molecule has 0 saturated carbocycles. The molecule has 0 unspecified atom stereocenters. The predicted octanol–water partition coefficient (Wildman–Crippen LogP) is 4.74. The van der Waals surface area contributed by atoms with Crippen LogP contribution in [0.3, 0.4) is 0 Å². The van der Waals surface area contributed by atoms with E-state index in [1.807, 2.05) is 24.3 Å². The molecule has 1 N–H and O–H groups in total. The third kappa shape index (κ3) is 6.36. The van der Waals surface area contributed by atoms with E-state index in [9.17, 15) is 4.79 Å². The van der Waals surface area contributed by atoms with E-state index in [2.05, 4.69) is 6.92 Å². The summed E-state index contributed by atoms with van der Waals surface area (Å²) in [4.78, 5) is 11.0. The highest BCUT2D eigenvalue weighted by Gasteiger charge is 2.10. The number of carboxylic acid groups (broad SMARTS) is 1. The van der Waals surface area contributed by atoms with E-state index in [0.717, 1.165) is 18.6 Å². The predicted molar refractivity (Wildman–Crippen MR) is 104 cm³/mol. The van der Waals surface area contributed by atoms with Crippen LogP contribution in [0.25, 0.3) is 6.08 Å². The Morgan fingerprint density at radius 1 is 1.19 bits per heavy atom. The second-order valence-electron chi connectivity index (χ2n) is 5.75. The summed E-state index contributed by atoms with van der Waals surface area (Å²) in [6.45, 7) is 2.72. The summed E-state index contributed by atoms with van der Waals surface area (Å²) < 4.78 is 11.3. The van der Waals surface area contributed by atoms with Crippen molar-refractivity contribution >= 4 is 23.6 Å². The highest BCUT2D eigenvalue weighted by atomic mass is 35.5. The van der Waals surface area contributed by atoms with Gasteiger partial charge in [0, 0.05) is 10.6 Å². The van der Waals surface area contributed by atoms with E-state index in [0.29, 0.717) is 22.9 Å². The molecule has 0 atom stereocenters. The zero-order chi connectivity index (χ0) is 19.6. The molecule has 0 heterocycles. The molecule has 0 fully saturated rings. The number of aliphatic carboxylic acids is 1. The second kappa shape index (κ2) is 10.2. The molecular formula is C21H20ClNO4. The van der Waals surface area contributed by atoms with Crippen molar-refractivity contribution < 1.29 is 19.4 Å². The maximum Gasteiger partial charge on any atom is 0.346 e. The van der Waals surface area contributed by atoms with Crippen molar-refractivity contribution in [3.05, 3.63) is 64.2 Å². The minimum atomic E-state index is -1.31. The van der Waals surface area contributed by atoms with Gasteiger partial charge in [0.1, 0.15) is 36.4 Å². The van der Waals surface area contributed by atoms with E-state index in [-0.39, 0.29) is 6.61 Å². The van der Waals surface area contributed by atoms with Crippen LogP contribution >= 0.6 is 11.6 Å². The number of hydrogen-bond donors (Lipinski definition) is 1. The Morgan fingerprint density at radius 3 is 2.52 bits per heavy atom. The van der Waals surface area contributed by atoms with Gasteiger partial charge < -0.3 is 14.6 Å². The number of rotatable bonds is 9.